The molecule has 0 saturated heterocycles. The lowest BCUT2D eigenvalue weighted by atomic mass is 9.92. The van der Waals surface area contributed by atoms with Gasteiger partial charge in [0.1, 0.15) is 17.5 Å². The molecular formula is C10H14N4O. The topological polar surface area (TPSA) is 81.6 Å². The standard InChI is InChI=1S/C10H14N4O/c1-10(2,3)4-8(15)13-9-7(5-11)6-12-14-9/h6H,4H2,1-3H3,(H2,12,13,14,15). The predicted octanol–water partition coefficient (Wildman–Crippen LogP) is 1.66. The van der Waals surface area contributed by atoms with Crippen LogP contribution < -0.4 is 5.32 Å². The van der Waals surface area contributed by atoms with E-state index in [9.17, 15) is 4.79 Å². The minimum atomic E-state index is -0.122. The number of nitrogens with zero attached hydrogens (tertiary/aromatic N) is 2. The molecule has 0 aliphatic heterocycles. The molecule has 5 heteroatoms. The highest BCUT2D eigenvalue weighted by molar-refractivity contribution is 5.91. The molecule has 1 heterocycles. The van der Waals surface area contributed by atoms with E-state index in [1.165, 1.54) is 6.20 Å². The van der Waals surface area contributed by atoms with Crippen LogP contribution in [0.4, 0.5) is 5.82 Å². The van der Waals surface area contributed by atoms with E-state index in [1.807, 2.05) is 26.8 Å². The summed E-state index contributed by atoms with van der Waals surface area (Å²) in [5, 5.41) is 17.6. The molecule has 0 spiro atoms. The Bertz CT molecular complexity index is 394. The van der Waals surface area contributed by atoms with Gasteiger partial charge in [0.05, 0.1) is 6.20 Å². The number of aromatic nitrogens is 2. The first-order chi connectivity index (χ1) is 6.92. The van der Waals surface area contributed by atoms with Crippen LogP contribution in [-0.4, -0.2) is 16.1 Å². The first-order valence-electron chi connectivity index (χ1n) is 4.66. The van der Waals surface area contributed by atoms with Crippen LogP contribution in [0.2, 0.25) is 0 Å². The number of hydrogen-bond acceptors (Lipinski definition) is 3. The summed E-state index contributed by atoms with van der Waals surface area (Å²) in [7, 11) is 0. The fourth-order valence-corrected chi connectivity index (χ4v) is 1.13. The number of anilines is 1. The van der Waals surface area contributed by atoms with E-state index in [1.54, 1.807) is 0 Å². The molecule has 0 radical (unpaired) electrons. The van der Waals surface area contributed by atoms with Gasteiger partial charge < -0.3 is 5.32 Å². The summed E-state index contributed by atoms with van der Waals surface area (Å²) in [5.41, 5.74) is 0.272. The highest BCUT2D eigenvalue weighted by atomic mass is 16.1. The number of nitriles is 1. The second kappa shape index (κ2) is 4.13. The van der Waals surface area contributed by atoms with Crippen molar-refractivity contribution in [3.63, 3.8) is 0 Å². The number of hydrogen-bond donors (Lipinski definition) is 2. The zero-order chi connectivity index (χ0) is 11.5. The molecular weight excluding hydrogens is 192 g/mol. The summed E-state index contributed by atoms with van der Waals surface area (Å²) in [6, 6.07) is 1.94. The maximum absolute atomic E-state index is 11.5. The molecule has 0 aliphatic rings. The van der Waals surface area contributed by atoms with Crippen molar-refractivity contribution in [2.24, 2.45) is 5.41 Å². The molecule has 1 aromatic heterocycles. The molecule has 0 unspecified atom stereocenters. The Morgan fingerprint density at radius 2 is 2.33 bits per heavy atom. The monoisotopic (exact) mass is 206 g/mol. The summed E-state index contributed by atoms with van der Waals surface area (Å²) in [6.45, 7) is 5.93. The number of nitrogens with one attached hydrogen (secondary N) is 2. The maximum Gasteiger partial charge on any atom is 0.226 e. The van der Waals surface area contributed by atoms with Crippen LogP contribution in [0, 0.1) is 16.7 Å². The smallest absolute Gasteiger partial charge is 0.226 e. The van der Waals surface area contributed by atoms with Gasteiger partial charge in [0, 0.05) is 6.42 Å². The second-order valence-corrected chi connectivity index (χ2v) is 4.56. The average Bonchev–Trinajstić information content (AvgIpc) is 2.48. The third kappa shape index (κ3) is 3.43. The van der Waals surface area contributed by atoms with Crippen molar-refractivity contribution in [3.05, 3.63) is 11.8 Å². The van der Waals surface area contributed by atoms with Crippen molar-refractivity contribution in [1.29, 1.82) is 5.26 Å². The van der Waals surface area contributed by atoms with Crippen LogP contribution in [-0.2, 0) is 4.79 Å². The molecule has 0 aliphatic carbocycles. The average molecular weight is 206 g/mol. The number of carbonyl (C=O) groups is 1. The van der Waals surface area contributed by atoms with E-state index >= 15 is 0 Å². The number of H-pyrrole nitrogens is 1. The van der Waals surface area contributed by atoms with Crippen molar-refractivity contribution < 1.29 is 4.79 Å². The van der Waals surface area contributed by atoms with Crippen LogP contribution in [0.15, 0.2) is 6.20 Å². The summed E-state index contributed by atoms with van der Waals surface area (Å²) >= 11 is 0. The van der Waals surface area contributed by atoms with E-state index in [2.05, 4.69) is 15.5 Å². The zero-order valence-corrected chi connectivity index (χ0v) is 9.09. The minimum Gasteiger partial charge on any atom is -0.310 e. The quantitative estimate of drug-likeness (QED) is 0.772. The Morgan fingerprint density at radius 1 is 1.67 bits per heavy atom. The molecule has 5 nitrogen and oxygen atoms in total. The Morgan fingerprint density at radius 3 is 2.87 bits per heavy atom. The molecule has 0 aromatic carbocycles. The summed E-state index contributed by atoms with van der Waals surface area (Å²) in [5.74, 6) is 0.245. The van der Waals surface area contributed by atoms with Crippen LogP contribution in [0.3, 0.4) is 0 Å². The molecule has 0 atom stereocenters. The van der Waals surface area contributed by atoms with E-state index in [0.717, 1.165) is 0 Å². The number of carbonyl (C=O) groups excluding carboxylic acids is 1. The van der Waals surface area contributed by atoms with Gasteiger partial charge in [-0.25, -0.2) is 0 Å². The molecule has 1 amide bonds. The summed E-state index contributed by atoms with van der Waals surface area (Å²) < 4.78 is 0. The van der Waals surface area contributed by atoms with Crippen molar-refractivity contribution in [2.75, 3.05) is 5.32 Å². The molecule has 1 rings (SSSR count). The normalized spacial score (nSPS) is 10.8. The largest absolute Gasteiger partial charge is 0.310 e. The highest BCUT2D eigenvalue weighted by Crippen LogP contribution is 2.19. The highest BCUT2D eigenvalue weighted by Gasteiger charge is 2.17. The van der Waals surface area contributed by atoms with Gasteiger partial charge in [-0.2, -0.15) is 10.4 Å². The number of amides is 1. The van der Waals surface area contributed by atoms with Crippen LogP contribution >= 0.6 is 0 Å². The molecule has 80 valence electrons. The maximum atomic E-state index is 11.5. The Kier molecular flexibility index (Phi) is 3.10. The first-order valence-corrected chi connectivity index (χ1v) is 4.66. The van der Waals surface area contributed by atoms with Crippen LogP contribution in [0.1, 0.15) is 32.8 Å². The van der Waals surface area contributed by atoms with Gasteiger partial charge in [-0.05, 0) is 5.41 Å². The van der Waals surface area contributed by atoms with Gasteiger partial charge in [-0.3, -0.25) is 9.89 Å². The second-order valence-electron chi connectivity index (χ2n) is 4.56. The summed E-state index contributed by atoms with van der Waals surface area (Å²) in [6.07, 6.45) is 1.78. The fraction of sp³-hybridized carbons (Fsp3) is 0.500. The molecule has 15 heavy (non-hydrogen) atoms. The van der Waals surface area contributed by atoms with E-state index in [4.69, 9.17) is 5.26 Å². The van der Waals surface area contributed by atoms with Crippen molar-refractivity contribution in [1.82, 2.24) is 10.2 Å². The van der Waals surface area contributed by atoms with E-state index in [0.29, 0.717) is 17.8 Å². The molecule has 0 bridgehead atoms. The molecule has 0 fully saturated rings. The van der Waals surface area contributed by atoms with Crippen molar-refractivity contribution in [2.45, 2.75) is 27.2 Å². The lowest BCUT2D eigenvalue weighted by molar-refractivity contribution is -0.117. The van der Waals surface area contributed by atoms with Gasteiger partial charge in [-0.15, -0.1) is 0 Å². The van der Waals surface area contributed by atoms with Gasteiger partial charge in [-0.1, -0.05) is 20.8 Å². The molecule has 1 aromatic rings. The van der Waals surface area contributed by atoms with Gasteiger partial charge >= 0.3 is 0 Å². The lowest BCUT2D eigenvalue weighted by Crippen LogP contribution is -2.20. The van der Waals surface area contributed by atoms with Crippen LogP contribution in [0.25, 0.3) is 0 Å². The molecule has 2 N–H and O–H groups in total. The third-order valence-corrected chi connectivity index (χ3v) is 1.72. The Hall–Kier alpha value is -1.83. The third-order valence-electron chi connectivity index (χ3n) is 1.72. The molecule has 0 saturated carbocycles. The minimum absolute atomic E-state index is 0.0725. The van der Waals surface area contributed by atoms with Gasteiger partial charge in [0.15, 0.2) is 0 Å². The Labute approximate surface area is 88.5 Å². The number of rotatable bonds is 2. The van der Waals surface area contributed by atoms with Crippen molar-refractivity contribution in [3.8, 4) is 6.07 Å². The summed E-state index contributed by atoms with van der Waals surface area (Å²) in [4.78, 5) is 11.5. The van der Waals surface area contributed by atoms with Crippen molar-refractivity contribution >= 4 is 11.7 Å². The number of aromatic amines is 1. The zero-order valence-electron chi connectivity index (χ0n) is 9.09. The lowest BCUT2D eigenvalue weighted by Gasteiger charge is -2.16. The first kappa shape index (κ1) is 11.2. The Balaban J connectivity index is 2.64. The van der Waals surface area contributed by atoms with Gasteiger partial charge in [0.2, 0.25) is 5.91 Å². The SMILES string of the molecule is CC(C)(C)CC(=O)Nc1[nH]ncc1C#N. The fourth-order valence-electron chi connectivity index (χ4n) is 1.13. The predicted molar refractivity (Wildman–Crippen MR) is 56.0 cm³/mol. The van der Waals surface area contributed by atoms with E-state index in [-0.39, 0.29) is 11.3 Å². The van der Waals surface area contributed by atoms with Gasteiger partial charge in [0.25, 0.3) is 0 Å². The van der Waals surface area contributed by atoms with Crippen LogP contribution in [0.5, 0.6) is 0 Å². The van der Waals surface area contributed by atoms with E-state index < -0.39 is 0 Å².